The lowest BCUT2D eigenvalue weighted by atomic mass is 9.38. The molecule has 172 valence electrons. The first kappa shape index (κ1) is 22.5. The second-order valence-electron chi connectivity index (χ2n) is 11.1. The normalized spacial score (nSPS) is 47.9. The van der Waals surface area contributed by atoms with Crippen LogP contribution in [0.3, 0.4) is 0 Å². The van der Waals surface area contributed by atoms with Crippen molar-refractivity contribution in [2.45, 2.75) is 84.7 Å². The van der Waals surface area contributed by atoms with Crippen molar-refractivity contribution >= 4 is 17.7 Å². The number of ketones is 1. The molecule has 2 N–H and O–H groups in total. The number of Topliss-reactive ketones (excluding diaryl/α,β-unsaturated/α-hetero) is 1. The summed E-state index contributed by atoms with van der Waals surface area (Å²) in [6.07, 6.45) is -1.47. The Hall–Kier alpha value is -1.73. The number of carbonyl (C=O) groups excluding carboxylic acids is 3. The average Bonchev–Trinajstić information content (AvgIpc) is 2.79. The highest BCUT2D eigenvalue weighted by atomic mass is 16.6. The Bertz CT molecular complexity index is 847. The zero-order chi connectivity index (χ0) is 23.1. The van der Waals surface area contributed by atoms with E-state index in [4.69, 9.17) is 9.47 Å². The second kappa shape index (κ2) is 6.88. The van der Waals surface area contributed by atoms with Crippen molar-refractivity contribution in [3.05, 3.63) is 12.2 Å². The fourth-order valence-electron chi connectivity index (χ4n) is 8.20. The Balaban J connectivity index is 1.94. The third-order valence-electron chi connectivity index (χ3n) is 9.05. The molecule has 0 amide bonds. The predicted octanol–water partition coefficient (Wildman–Crippen LogP) is 2.18. The van der Waals surface area contributed by atoms with E-state index in [9.17, 15) is 24.6 Å². The van der Waals surface area contributed by atoms with Crippen molar-refractivity contribution < 1.29 is 34.1 Å². The van der Waals surface area contributed by atoms with Crippen LogP contribution in [0.1, 0.15) is 60.3 Å². The molecule has 0 aromatic carbocycles. The van der Waals surface area contributed by atoms with E-state index in [-0.39, 0.29) is 24.5 Å². The van der Waals surface area contributed by atoms with Gasteiger partial charge in [-0.15, -0.1) is 0 Å². The van der Waals surface area contributed by atoms with E-state index in [0.717, 1.165) is 0 Å². The molecule has 2 bridgehead atoms. The molecule has 0 aromatic rings. The fourth-order valence-corrected chi connectivity index (χ4v) is 8.20. The van der Waals surface area contributed by atoms with E-state index in [2.05, 4.69) is 6.58 Å². The topological polar surface area (TPSA) is 110 Å². The van der Waals surface area contributed by atoms with Crippen LogP contribution in [0.2, 0.25) is 0 Å². The molecule has 4 fully saturated rings. The molecule has 7 nitrogen and oxygen atoms in total. The Morgan fingerprint density at radius 3 is 2.19 bits per heavy atom. The molecule has 0 radical (unpaired) electrons. The molecule has 0 aliphatic heterocycles. The van der Waals surface area contributed by atoms with Gasteiger partial charge in [0.05, 0.1) is 12.2 Å². The van der Waals surface area contributed by atoms with Crippen LogP contribution in [0.25, 0.3) is 0 Å². The van der Waals surface area contributed by atoms with Gasteiger partial charge in [0.1, 0.15) is 12.2 Å². The molecule has 9 unspecified atom stereocenters. The number of carbonyl (C=O) groups is 3. The second-order valence-corrected chi connectivity index (χ2v) is 11.1. The number of rotatable bonds is 2. The minimum Gasteiger partial charge on any atom is -0.462 e. The first-order valence-electron chi connectivity index (χ1n) is 11.2. The highest BCUT2D eigenvalue weighted by molar-refractivity contribution is 6.03. The molecule has 4 aliphatic rings. The highest BCUT2D eigenvalue weighted by Gasteiger charge is 2.75. The van der Waals surface area contributed by atoms with Gasteiger partial charge in [0, 0.05) is 42.9 Å². The predicted molar refractivity (Wildman–Crippen MR) is 111 cm³/mol. The SMILES string of the molecule is C=C1C(=O)C23CC1CC(OC(C)=O)C2C1(C)C(OC(C)=O)CC(O)C(C)(C)C1C(O)C3. The summed E-state index contributed by atoms with van der Waals surface area (Å²) in [4.78, 5) is 37.7. The summed E-state index contributed by atoms with van der Waals surface area (Å²) in [5, 5.41) is 22.4. The molecule has 4 rings (SSSR count). The third-order valence-corrected chi connectivity index (χ3v) is 9.05. The standard InChI is InChI=1S/C24H34O7/c1-11-14-7-16(30-12(2)25)20-23(6)18(31-13(3)26)8-17(28)22(4,5)19(23)15(27)10-24(20,9-14)21(11)29/h14-20,27-28H,1,7-10H2,2-6H3. The minimum absolute atomic E-state index is 0.0682. The highest BCUT2D eigenvalue weighted by Crippen LogP contribution is 2.71. The maximum absolute atomic E-state index is 13.6. The van der Waals surface area contributed by atoms with Gasteiger partial charge in [0.15, 0.2) is 5.78 Å². The van der Waals surface area contributed by atoms with Crippen LogP contribution < -0.4 is 0 Å². The van der Waals surface area contributed by atoms with Gasteiger partial charge in [-0.05, 0) is 36.2 Å². The van der Waals surface area contributed by atoms with Crippen LogP contribution in [0.15, 0.2) is 12.2 Å². The van der Waals surface area contributed by atoms with Crippen molar-refractivity contribution in [1.82, 2.24) is 0 Å². The summed E-state index contributed by atoms with van der Waals surface area (Å²) in [6.45, 7) is 12.5. The van der Waals surface area contributed by atoms with Gasteiger partial charge in [0.25, 0.3) is 0 Å². The lowest BCUT2D eigenvalue weighted by molar-refractivity contribution is -0.279. The Morgan fingerprint density at radius 2 is 1.61 bits per heavy atom. The molecule has 1 spiro atoms. The first-order valence-corrected chi connectivity index (χ1v) is 11.2. The molecule has 0 aromatic heterocycles. The molecular weight excluding hydrogens is 400 g/mol. The maximum Gasteiger partial charge on any atom is 0.302 e. The quantitative estimate of drug-likeness (QED) is 0.506. The summed E-state index contributed by atoms with van der Waals surface area (Å²) in [7, 11) is 0. The minimum atomic E-state index is -0.915. The van der Waals surface area contributed by atoms with E-state index in [1.165, 1.54) is 13.8 Å². The molecule has 9 atom stereocenters. The van der Waals surface area contributed by atoms with Gasteiger partial charge in [0.2, 0.25) is 0 Å². The number of esters is 2. The van der Waals surface area contributed by atoms with Gasteiger partial charge in [-0.25, -0.2) is 0 Å². The lowest BCUT2D eigenvalue weighted by Crippen LogP contribution is -2.72. The smallest absolute Gasteiger partial charge is 0.302 e. The zero-order valence-corrected chi connectivity index (χ0v) is 19.0. The van der Waals surface area contributed by atoms with Gasteiger partial charge in [-0.3, -0.25) is 14.4 Å². The van der Waals surface area contributed by atoms with Crippen molar-refractivity contribution in [2.75, 3.05) is 0 Å². The first-order chi connectivity index (χ1) is 14.3. The Kier molecular flexibility index (Phi) is 4.99. The van der Waals surface area contributed by atoms with Crippen LogP contribution in [0.4, 0.5) is 0 Å². The molecule has 7 heteroatoms. The summed E-state index contributed by atoms with van der Waals surface area (Å²) < 4.78 is 11.6. The van der Waals surface area contributed by atoms with E-state index >= 15 is 0 Å². The van der Waals surface area contributed by atoms with Crippen LogP contribution >= 0.6 is 0 Å². The van der Waals surface area contributed by atoms with E-state index in [0.29, 0.717) is 18.4 Å². The molecular formula is C24H34O7. The van der Waals surface area contributed by atoms with Crippen molar-refractivity contribution in [3.8, 4) is 0 Å². The van der Waals surface area contributed by atoms with Crippen molar-refractivity contribution in [1.29, 1.82) is 0 Å². The number of fused-ring (bicyclic) bond motifs is 3. The lowest BCUT2D eigenvalue weighted by Gasteiger charge is -2.67. The fraction of sp³-hybridized carbons (Fsp3) is 0.792. The zero-order valence-electron chi connectivity index (χ0n) is 19.0. The molecule has 0 heterocycles. The van der Waals surface area contributed by atoms with E-state index < -0.39 is 64.4 Å². The maximum atomic E-state index is 13.6. The molecule has 4 saturated carbocycles. The van der Waals surface area contributed by atoms with Gasteiger partial charge < -0.3 is 19.7 Å². The monoisotopic (exact) mass is 434 g/mol. The number of aliphatic hydroxyl groups is 2. The van der Waals surface area contributed by atoms with Gasteiger partial charge >= 0.3 is 11.9 Å². The number of hydrogen-bond acceptors (Lipinski definition) is 7. The van der Waals surface area contributed by atoms with Crippen LogP contribution in [0, 0.1) is 34.0 Å². The Morgan fingerprint density at radius 1 is 1.00 bits per heavy atom. The number of allylic oxidation sites excluding steroid dienone is 1. The molecule has 4 aliphatic carbocycles. The summed E-state index contributed by atoms with van der Waals surface area (Å²) in [6, 6.07) is 0. The average molecular weight is 435 g/mol. The molecule has 0 saturated heterocycles. The molecule has 31 heavy (non-hydrogen) atoms. The van der Waals surface area contributed by atoms with E-state index in [1.807, 2.05) is 20.8 Å². The van der Waals surface area contributed by atoms with Crippen LogP contribution in [-0.4, -0.2) is 52.4 Å². The van der Waals surface area contributed by atoms with Gasteiger partial charge in [-0.1, -0.05) is 27.4 Å². The summed E-state index contributed by atoms with van der Waals surface area (Å²) in [5.74, 6) is -1.97. The number of hydrogen-bond donors (Lipinski definition) is 2. The third kappa shape index (κ3) is 2.88. The van der Waals surface area contributed by atoms with Crippen molar-refractivity contribution in [2.24, 2.45) is 34.0 Å². The van der Waals surface area contributed by atoms with E-state index in [1.54, 1.807) is 0 Å². The van der Waals surface area contributed by atoms with Crippen LogP contribution in [0.5, 0.6) is 0 Å². The van der Waals surface area contributed by atoms with Crippen LogP contribution in [-0.2, 0) is 23.9 Å². The Labute approximate surface area is 183 Å². The van der Waals surface area contributed by atoms with Gasteiger partial charge in [-0.2, -0.15) is 0 Å². The number of aliphatic hydroxyl groups excluding tert-OH is 2. The number of ether oxygens (including phenoxy) is 2. The summed E-state index contributed by atoms with van der Waals surface area (Å²) in [5.41, 5.74) is -1.95. The largest absolute Gasteiger partial charge is 0.462 e. The summed E-state index contributed by atoms with van der Waals surface area (Å²) >= 11 is 0. The van der Waals surface area contributed by atoms with Crippen molar-refractivity contribution in [3.63, 3.8) is 0 Å².